The van der Waals surface area contributed by atoms with E-state index in [1.165, 1.54) is 12.5 Å². The largest absolute Gasteiger partial charge is 0.427 e. The van der Waals surface area contributed by atoms with Crippen LogP contribution in [0, 0.1) is 5.41 Å². The number of hydrogen-bond donors (Lipinski definition) is 0. The molecule has 2 heterocycles. The molecule has 2 aromatic heterocycles. The number of esters is 2. The number of carbonyl (C=O) groups is 2. The van der Waals surface area contributed by atoms with E-state index < -0.39 is 29.7 Å². The minimum atomic E-state index is -0.898. The normalized spacial score (nSPS) is 11.5. The molecule has 7 aromatic rings. The summed E-state index contributed by atoms with van der Waals surface area (Å²) >= 11 is 0. The van der Waals surface area contributed by atoms with Crippen LogP contribution in [-0.2, 0) is 26.4 Å². The Balaban J connectivity index is 1.22. The van der Waals surface area contributed by atoms with Gasteiger partial charge in [-0.05, 0) is 71.0 Å². The molecule has 59 heavy (non-hydrogen) atoms. The molecule has 11 heteroatoms. The molecule has 0 spiro atoms. The fourth-order valence-electron chi connectivity index (χ4n) is 7.18. The summed E-state index contributed by atoms with van der Waals surface area (Å²) < 4.78 is 12.5. The molecule has 0 amide bonds. The molecule has 0 aliphatic heterocycles. The van der Waals surface area contributed by atoms with Crippen molar-refractivity contribution in [3.8, 4) is 22.5 Å². The van der Waals surface area contributed by atoms with E-state index in [9.17, 15) is 9.59 Å². The number of ether oxygens (including phenoxy) is 2. The van der Waals surface area contributed by atoms with Crippen LogP contribution in [0.4, 0.5) is 5.82 Å². The number of hydrogen-bond acceptors (Lipinski definition) is 10. The van der Waals surface area contributed by atoms with Gasteiger partial charge in [0.1, 0.15) is 23.2 Å². The van der Waals surface area contributed by atoms with Gasteiger partial charge in [0, 0.05) is 24.8 Å². The minimum absolute atomic E-state index is 0.191. The molecule has 7 rings (SSSR count). The molecule has 0 aliphatic carbocycles. The lowest BCUT2D eigenvalue weighted by Crippen LogP contribution is -2.39. The third-order valence-corrected chi connectivity index (χ3v) is 10.2. The van der Waals surface area contributed by atoms with Gasteiger partial charge in [-0.2, -0.15) is 0 Å². The first kappa shape index (κ1) is 40.2. The van der Waals surface area contributed by atoms with Gasteiger partial charge in [-0.25, -0.2) is 19.4 Å². The number of benzene rings is 5. The van der Waals surface area contributed by atoms with Crippen molar-refractivity contribution in [3.63, 3.8) is 0 Å². The summed E-state index contributed by atoms with van der Waals surface area (Å²) in [5.74, 6) is -0.0819. The third-order valence-electron chi connectivity index (χ3n) is 10.2. The van der Waals surface area contributed by atoms with Gasteiger partial charge in [-0.3, -0.25) is 4.79 Å². The van der Waals surface area contributed by atoms with Gasteiger partial charge in [-0.1, -0.05) is 153 Å². The fraction of sp³-hybridized carbons (Fsp3) is 0.229. The highest BCUT2D eigenvalue weighted by Crippen LogP contribution is 2.43. The van der Waals surface area contributed by atoms with Crippen molar-refractivity contribution >= 4 is 17.8 Å². The number of unbranched alkanes of at least 4 members (excludes halogenated alkanes) is 1. The Labute approximate surface area is 344 Å². The lowest BCUT2D eigenvalue weighted by Gasteiger charge is -2.36. The van der Waals surface area contributed by atoms with E-state index >= 15 is 0 Å². The smallest absolute Gasteiger partial charge is 0.346 e. The Morgan fingerprint density at radius 3 is 1.86 bits per heavy atom. The van der Waals surface area contributed by atoms with Crippen LogP contribution in [0.25, 0.3) is 22.5 Å². The van der Waals surface area contributed by atoms with Crippen molar-refractivity contribution in [1.82, 2.24) is 30.2 Å². The first-order valence-electron chi connectivity index (χ1n) is 19.7. The van der Waals surface area contributed by atoms with Crippen LogP contribution in [0.15, 0.2) is 152 Å². The molecule has 0 radical (unpaired) electrons. The summed E-state index contributed by atoms with van der Waals surface area (Å²) in [6, 6.07) is 47.6. The molecular formula is C48H47N7O4. The van der Waals surface area contributed by atoms with Crippen LogP contribution < -0.4 is 4.90 Å². The Morgan fingerprint density at radius 1 is 0.712 bits per heavy atom. The van der Waals surface area contributed by atoms with Crippen LogP contribution in [-0.4, -0.2) is 55.5 Å². The van der Waals surface area contributed by atoms with Gasteiger partial charge in [-0.15, -0.1) is 5.10 Å². The lowest BCUT2D eigenvalue weighted by molar-refractivity contribution is -0.161. The summed E-state index contributed by atoms with van der Waals surface area (Å²) in [5, 5.41) is 13.8. The highest BCUT2D eigenvalue weighted by Gasteiger charge is 2.42. The van der Waals surface area contributed by atoms with E-state index in [0.717, 1.165) is 51.8 Å². The fourth-order valence-corrected chi connectivity index (χ4v) is 7.18. The lowest BCUT2D eigenvalue weighted by atomic mass is 9.77. The predicted molar refractivity (Wildman–Crippen MR) is 227 cm³/mol. The number of carbonyl (C=O) groups excluding carboxylic acids is 2. The molecule has 5 aromatic carbocycles. The zero-order chi connectivity index (χ0) is 41.2. The van der Waals surface area contributed by atoms with E-state index in [1.807, 2.05) is 71.4 Å². The highest BCUT2D eigenvalue weighted by atomic mass is 16.7. The second kappa shape index (κ2) is 18.1. The van der Waals surface area contributed by atoms with Crippen LogP contribution in [0.2, 0.25) is 0 Å². The van der Waals surface area contributed by atoms with Crippen LogP contribution in [0.3, 0.4) is 0 Å². The quantitative estimate of drug-likeness (QED) is 0.0565. The molecule has 0 fully saturated rings. The van der Waals surface area contributed by atoms with E-state index in [1.54, 1.807) is 20.8 Å². The maximum absolute atomic E-state index is 13.3. The second-order valence-electron chi connectivity index (χ2n) is 15.2. The zero-order valence-corrected chi connectivity index (χ0v) is 33.7. The molecule has 0 aliphatic rings. The Bertz CT molecular complexity index is 2370. The summed E-state index contributed by atoms with van der Waals surface area (Å²) in [4.78, 5) is 36.2. The second-order valence-corrected chi connectivity index (χ2v) is 15.2. The van der Waals surface area contributed by atoms with Gasteiger partial charge >= 0.3 is 11.9 Å². The molecule has 0 atom stereocenters. The Hall–Kier alpha value is -7.01. The maximum atomic E-state index is 13.3. The average Bonchev–Trinajstić information content (AvgIpc) is 3.76. The van der Waals surface area contributed by atoms with Crippen molar-refractivity contribution in [3.05, 3.63) is 180 Å². The standard InChI is InChI=1S/C48H47N7O4/c1-5-6-30-54(43-42(31-49-33-50-43)45(56)58-34-59-46(57)47(2,3)4)32-35-26-28-36(29-27-35)40-24-16-17-25-41(40)44-51-52-53-55(44)48(37-18-10-7-11-19-37,38-20-12-8-13-21-38)39-22-14-9-15-23-39/h7-29,31,33H,5-6,30,32,34H2,1-4H3. The topological polar surface area (TPSA) is 125 Å². The Kier molecular flexibility index (Phi) is 12.3. The van der Waals surface area contributed by atoms with Crippen LogP contribution in [0.1, 0.15) is 73.1 Å². The minimum Gasteiger partial charge on any atom is -0.427 e. The number of rotatable bonds is 15. The highest BCUT2D eigenvalue weighted by molar-refractivity contribution is 5.94. The summed E-state index contributed by atoms with van der Waals surface area (Å²) in [7, 11) is 0. The van der Waals surface area contributed by atoms with E-state index in [2.05, 4.69) is 99.8 Å². The molecule has 298 valence electrons. The van der Waals surface area contributed by atoms with Crippen LogP contribution >= 0.6 is 0 Å². The summed E-state index contributed by atoms with van der Waals surface area (Å²) in [6.07, 6.45) is 4.67. The zero-order valence-electron chi connectivity index (χ0n) is 33.7. The number of anilines is 1. The maximum Gasteiger partial charge on any atom is 0.346 e. The number of aromatic nitrogens is 6. The van der Waals surface area contributed by atoms with Crippen LogP contribution in [0.5, 0.6) is 0 Å². The van der Waals surface area contributed by atoms with Gasteiger partial charge in [0.15, 0.2) is 5.82 Å². The molecule has 0 N–H and O–H groups in total. The molecular weight excluding hydrogens is 739 g/mol. The van der Waals surface area contributed by atoms with E-state index in [0.29, 0.717) is 24.7 Å². The summed E-state index contributed by atoms with van der Waals surface area (Å²) in [5.41, 5.74) is 5.46. The van der Waals surface area contributed by atoms with Crippen molar-refractivity contribution in [2.75, 3.05) is 18.2 Å². The van der Waals surface area contributed by atoms with E-state index in [-0.39, 0.29) is 5.56 Å². The first-order valence-corrected chi connectivity index (χ1v) is 19.7. The number of tetrazole rings is 1. The monoisotopic (exact) mass is 785 g/mol. The Morgan fingerprint density at radius 2 is 1.29 bits per heavy atom. The van der Waals surface area contributed by atoms with Crippen molar-refractivity contribution in [1.29, 1.82) is 0 Å². The number of nitrogens with zero attached hydrogens (tertiary/aromatic N) is 7. The van der Waals surface area contributed by atoms with Gasteiger partial charge < -0.3 is 14.4 Å². The summed E-state index contributed by atoms with van der Waals surface area (Å²) in [6.45, 7) is 7.93. The van der Waals surface area contributed by atoms with E-state index in [4.69, 9.17) is 19.8 Å². The van der Waals surface area contributed by atoms with Crippen molar-refractivity contribution < 1.29 is 19.1 Å². The predicted octanol–water partition coefficient (Wildman–Crippen LogP) is 9.15. The molecule has 0 saturated carbocycles. The van der Waals surface area contributed by atoms with Gasteiger partial charge in [0.25, 0.3) is 0 Å². The SMILES string of the molecule is CCCCN(Cc1ccc(-c2ccccc2-c2nnnn2C(c2ccccc2)(c2ccccc2)c2ccccc2)cc1)c1ncncc1C(=O)OCOC(=O)C(C)(C)C. The third kappa shape index (κ3) is 8.64. The average molecular weight is 786 g/mol. The molecule has 0 saturated heterocycles. The van der Waals surface area contributed by atoms with Crippen molar-refractivity contribution in [2.45, 2.75) is 52.6 Å². The first-order chi connectivity index (χ1) is 28.7. The van der Waals surface area contributed by atoms with Gasteiger partial charge in [0.05, 0.1) is 5.41 Å². The molecule has 11 nitrogen and oxygen atoms in total. The van der Waals surface area contributed by atoms with Crippen molar-refractivity contribution in [2.24, 2.45) is 5.41 Å². The molecule has 0 bridgehead atoms. The van der Waals surface area contributed by atoms with Gasteiger partial charge in [0.2, 0.25) is 6.79 Å². The molecule has 0 unspecified atom stereocenters.